The van der Waals surface area contributed by atoms with E-state index in [0.29, 0.717) is 22.9 Å². The summed E-state index contributed by atoms with van der Waals surface area (Å²) >= 11 is 0. The van der Waals surface area contributed by atoms with Gasteiger partial charge in [-0.25, -0.2) is 0 Å². The highest BCUT2D eigenvalue weighted by Gasteiger charge is 2.25. The molecule has 2 heterocycles. The third-order valence-corrected chi connectivity index (χ3v) is 3.20. The van der Waals surface area contributed by atoms with E-state index in [9.17, 15) is 10.0 Å². The Morgan fingerprint density at radius 1 is 1.26 bits per heavy atom. The molecule has 0 fully saturated rings. The van der Waals surface area contributed by atoms with Crippen molar-refractivity contribution in [2.45, 2.75) is 6.42 Å². The molecule has 0 radical (unpaired) electrons. The van der Waals surface area contributed by atoms with Crippen LogP contribution in [0.2, 0.25) is 0 Å². The molecule has 1 atom stereocenters. The number of benzene rings is 1. The number of anilines is 1. The number of nitrogens with zero attached hydrogens (tertiary/aromatic N) is 1. The van der Waals surface area contributed by atoms with E-state index in [1.807, 2.05) is 12.1 Å². The summed E-state index contributed by atoms with van der Waals surface area (Å²) < 4.78 is 5.17. The molecular weight excluding hydrogens is 242 g/mol. The Labute approximate surface area is 110 Å². The number of hydrogen-bond donors (Lipinski definition) is 0. The van der Waals surface area contributed by atoms with E-state index < -0.39 is 11.8 Å². The molecule has 4 nitrogen and oxygen atoms in total. The summed E-state index contributed by atoms with van der Waals surface area (Å²) in [4.78, 5) is 12.0. The quantitative estimate of drug-likeness (QED) is 0.827. The summed E-state index contributed by atoms with van der Waals surface area (Å²) in [5, 5.41) is 12.4. The van der Waals surface area contributed by atoms with Crippen LogP contribution >= 0.6 is 0 Å². The number of para-hydroxylation sites is 1. The van der Waals surface area contributed by atoms with Gasteiger partial charge in [-0.05, 0) is 36.3 Å². The highest BCUT2D eigenvalue weighted by Crippen LogP contribution is 2.30. The molecule has 1 amide bonds. The fourth-order valence-electron chi connectivity index (χ4n) is 2.22. The van der Waals surface area contributed by atoms with E-state index >= 15 is 0 Å². The van der Waals surface area contributed by atoms with Crippen LogP contribution in [0.25, 0.3) is 6.08 Å². The predicted octanol–water partition coefficient (Wildman–Crippen LogP) is 3.00. The van der Waals surface area contributed by atoms with Crippen LogP contribution < -0.4 is 5.06 Å². The lowest BCUT2D eigenvalue weighted by molar-refractivity contribution is -0.120. The highest BCUT2D eigenvalue weighted by molar-refractivity contribution is 6.00. The molecule has 1 aliphatic rings. The Kier molecular flexibility index (Phi) is 2.93. The van der Waals surface area contributed by atoms with Crippen LogP contribution in [0, 0.1) is 11.1 Å². The van der Waals surface area contributed by atoms with Crippen LogP contribution in [0.3, 0.4) is 0 Å². The van der Waals surface area contributed by atoms with Gasteiger partial charge in [0.05, 0.1) is 12.2 Å². The summed E-state index contributed by atoms with van der Waals surface area (Å²) in [5.41, 5.74) is 1.35. The number of furan rings is 1. The van der Waals surface area contributed by atoms with Crippen LogP contribution in [0.15, 0.2) is 53.2 Å². The highest BCUT2D eigenvalue weighted by atomic mass is 16.5. The first kappa shape index (κ1) is 11.7. The van der Waals surface area contributed by atoms with Crippen LogP contribution in [-0.2, 0) is 11.2 Å². The van der Waals surface area contributed by atoms with Crippen molar-refractivity contribution in [2.75, 3.05) is 5.06 Å². The maximum Gasteiger partial charge on any atom is 0.223 e. The molecule has 4 heteroatoms. The summed E-state index contributed by atoms with van der Waals surface area (Å²) in [6, 6.07) is 10.8. The van der Waals surface area contributed by atoms with E-state index in [1.165, 1.54) is 0 Å². The second-order valence-corrected chi connectivity index (χ2v) is 4.45. The van der Waals surface area contributed by atoms with Gasteiger partial charge in [0.15, 0.2) is 0 Å². The topological polar surface area (TPSA) is 56.5 Å². The molecule has 1 aromatic carbocycles. The van der Waals surface area contributed by atoms with Gasteiger partial charge in [0.1, 0.15) is 5.76 Å². The average Bonchev–Trinajstić information content (AvgIpc) is 2.94. The molecule has 0 N–H and O–H groups in total. The van der Waals surface area contributed by atoms with Gasteiger partial charge in [-0.2, -0.15) is 0 Å². The lowest BCUT2D eigenvalue weighted by Gasteiger charge is -2.37. The standard InChI is InChI=1S/C15H12NO3/c17-15-12(7-8-13-5-3-9-19-13)10-11-4-1-2-6-14(11)16(15)18/h1-9,12H,10H2/q-1. The molecule has 0 saturated carbocycles. The number of rotatable bonds is 2. The van der Waals surface area contributed by atoms with Crippen LogP contribution in [0.1, 0.15) is 11.3 Å². The second kappa shape index (κ2) is 4.74. The summed E-state index contributed by atoms with van der Waals surface area (Å²) in [7, 11) is 0. The third-order valence-electron chi connectivity index (χ3n) is 3.20. The summed E-state index contributed by atoms with van der Waals surface area (Å²) in [6.45, 7) is 0. The SMILES string of the molecule is O=C1C(C=Cc2ccco2)Cc2ccccc2N1[O-]. The first-order chi connectivity index (χ1) is 9.25. The van der Waals surface area contributed by atoms with Crippen molar-refractivity contribution in [3.63, 3.8) is 0 Å². The number of carbonyl (C=O) groups excluding carboxylic acids is 1. The fourth-order valence-corrected chi connectivity index (χ4v) is 2.22. The number of carbonyl (C=O) groups is 1. The molecule has 1 aromatic heterocycles. The van der Waals surface area contributed by atoms with Crippen molar-refractivity contribution in [3.05, 3.63) is 65.3 Å². The molecule has 3 rings (SSSR count). The predicted molar refractivity (Wildman–Crippen MR) is 72.2 cm³/mol. The molecule has 0 aliphatic carbocycles. The van der Waals surface area contributed by atoms with Crippen LogP contribution in [0.4, 0.5) is 5.69 Å². The largest absolute Gasteiger partial charge is 0.752 e. The van der Waals surface area contributed by atoms with Gasteiger partial charge >= 0.3 is 0 Å². The third kappa shape index (κ3) is 2.18. The molecular formula is C15H12NO3-. The minimum atomic E-state index is -0.433. The van der Waals surface area contributed by atoms with Gasteiger partial charge in [-0.15, -0.1) is 0 Å². The molecule has 1 unspecified atom stereocenters. The van der Waals surface area contributed by atoms with Gasteiger partial charge in [0.25, 0.3) is 0 Å². The number of fused-ring (bicyclic) bond motifs is 1. The minimum absolute atomic E-state index is 0.429. The molecule has 0 saturated heterocycles. The van der Waals surface area contributed by atoms with Crippen LogP contribution in [-0.4, -0.2) is 5.91 Å². The van der Waals surface area contributed by atoms with E-state index in [4.69, 9.17) is 4.42 Å². The average molecular weight is 254 g/mol. The Bertz CT molecular complexity index is 616. The number of amides is 1. The minimum Gasteiger partial charge on any atom is -0.752 e. The van der Waals surface area contributed by atoms with Crippen molar-refractivity contribution in [1.82, 2.24) is 0 Å². The van der Waals surface area contributed by atoms with Crippen molar-refractivity contribution in [2.24, 2.45) is 5.92 Å². The van der Waals surface area contributed by atoms with Crippen molar-refractivity contribution in [3.8, 4) is 0 Å². The van der Waals surface area contributed by atoms with Gasteiger partial charge in [0, 0.05) is 5.69 Å². The maximum atomic E-state index is 12.0. The van der Waals surface area contributed by atoms with E-state index in [1.54, 1.807) is 42.7 Å². The van der Waals surface area contributed by atoms with Crippen molar-refractivity contribution < 1.29 is 9.21 Å². The Morgan fingerprint density at radius 2 is 2.11 bits per heavy atom. The fraction of sp³-hybridized carbons (Fsp3) is 0.133. The lowest BCUT2D eigenvalue weighted by atomic mass is 9.92. The second-order valence-electron chi connectivity index (χ2n) is 4.45. The van der Waals surface area contributed by atoms with Crippen molar-refractivity contribution in [1.29, 1.82) is 0 Å². The Hall–Kier alpha value is -2.33. The first-order valence-corrected chi connectivity index (χ1v) is 6.06. The van der Waals surface area contributed by atoms with Gasteiger partial charge in [-0.1, -0.05) is 24.3 Å². The van der Waals surface area contributed by atoms with E-state index in [0.717, 1.165) is 5.56 Å². The number of hydroxylamine groups is 1. The lowest BCUT2D eigenvalue weighted by Crippen LogP contribution is -2.36. The van der Waals surface area contributed by atoms with Gasteiger partial charge in [-0.3, -0.25) is 4.79 Å². The molecule has 0 bridgehead atoms. The Balaban J connectivity index is 1.87. The van der Waals surface area contributed by atoms with Gasteiger partial charge < -0.3 is 14.7 Å². The van der Waals surface area contributed by atoms with Crippen molar-refractivity contribution >= 4 is 17.7 Å². The van der Waals surface area contributed by atoms with E-state index in [2.05, 4.69) is 0 Å². The number of hydrogen-bond acceptors (Lipinski definition) is 3. The van der Waals surface area contributed by atoms with E-state index in [-0.39, 0.29) is 0 Å². The zero-order valence-electron chi connectivity index (χ0n) is 10.2. The summed E-state index contributed by atoms with van der Waals surface area (Å²) in [6.07, 6.45) is 5.56. The molecule has 19 heavy (non-hydrogen) atoms. The summed E-state index contributed by atoms with van der Waals surface area (Å²) in [5.74, 6) is -0.192. The monoisotopic (exact) mass is 254 g/mol. The molecule has 1 aliphatic heterocycles. The molecule has 0 spiro atoms. The zero-order chi connectivity index (χ0) is 13.2. The normalized spacial score (nSPS) is 18.9. The zero-order valence-corrected chi connectivity index (χ0v) is 10.2. The smallest absolute Gasteiger partial charge is 0.223 e. The Morgan fingerprint density at radius 3 is 2.89 bits per heavy atom. The first-order valence-electron chi connectivity index (χ1n) is 6.06. The maximum absolute atomic E-state index is 12.0. The molecule has 96 valence electrons. The van der Waals surface area contributed by atoms with Crippen LogP contribution in [0.5, 0.6) is 0 Å². The van der Waals surface area contributed by atoms with Gasteiger partial charge in [0.2, 0.25) is 5.91 Å². The molecule has 2 aromatic rings.